The molecule has 1 aromatic carbocycles. The summed E-state index contributed by atoms with van der Waals surface area (Å²) < 4.78 is 0. The molecule has 0 fully saturated rings. The standard InChI is InChI=1S/C16H27N3O/c1-5-19(11-12(2)3)13(4)16(20)18-15-8-6-14(10-17)7-9-15/h6-9,12-13H,5,10-11,17H2,1-4H3,(H,18,20). The van der Waals surface area contributed by atoms with Gasteiger partial charge >= 0.3 is 0 Å². The van der Waals surface area contributed by atoms with E-state index in [1.807, 2.05) is 31.2 Å². The molecule has 0 aliphatic carbocycles. The molecule has 1 atom stereocenters. The van der Waals surface area contributed by atoms with Crippen molar-refractivity contribution in [1.29, 1.82) is 0 Å². The molecule has 0 aliphatic rings. The van der Waals surface area contributed by atoms with Gasteiger partial charge in [0.25, 0.3) is 0 Å². The first-order valence-corrected chi connectivity index (χ1v) is 7.31. The van der Waals surface area contributed by atoms with Gasteiger partial charge in [-0.1, -0.05) is 32.9 Å². The number of anilines is 1. The van der Waals surface area contributed by atoms with Gasteiger partial charge in [-0.25, -0.2) is 0 Å². The average molecular weight is 277 g/mol. The third kappa shape index (κ3) is 4.94. The van der Waals surface area contributed by atoms with Crippen molar-refractivity contribution in [2.24, 2.45) is 11.7 Å². The fourth-order valence-electron chi connectivity index (χ4n) is 2.17. The molecule has 0 aromatic heterocycles. The largest absolute Gasteiger partial charge is 0.326 e. The highest BCUT2D eigenvalue weighted by Crippen LogP contribution is 2.11. The van der Waals surface area contributed by atoms with E-state index in [4.69, 9.17) is 5.73 Å². The fourth-order valence-corrected chi connectivity index (χ4v) is 2.17. The van der Waals surface area contributed by atoms with Crippen molar-refractivity contribution in [3.05, 3.63) is 29.8 Å². The Morgan fingerprint density at radius 3 is 2.30 bits per heavy atom. The summed E-state index contributed by atoms with van der Waals surface area (Å²) in [6.07, 6.45) is 0. The smallest absolute Gasteiger partial charge is 0.241 e. The predicted molar refractivity (Wildman–Crippen MR) is 84.5 cm³/mol. The molecule has 0 bridgehead atoms. The Labute approximate surface area is 122 Å². The summed E-state index contributed by atoms with van der Waals surface area (Å²) in [6, 6.07) is 7.53. The summed E-state index contributed by atoms with van der Waals surface area (Å²) in [5.41, 5.74) is 7.44. The van der Waals surface area contributed by atoms with Crippen LogP contribution in [0.15, 0.2) is 24.3 Å². The lowest BCUT2D eigenvalue weighted by Crippen LogP contribution is -2.43. The van der Waals surface area contributed by atoms with Gasteiger partial charge in [0.1, 0.15) is 0 Å². The third-order valence-corrected chi connectivity index (χ3v) is 3.39. The molecule has 20 heavy (non-hydrogen) atoms. The van der Waals surface area contributed by atoms with E-state index < -0.39 is 0 Å². The molecule has 4 nitrogen and oxygen atoms in total. The molecule has 0 radical (unpaired) electrons. The summed E-state index contributed by atoms with van der Waals surface area (Å²) in [4.78, 5) is 14.5. The molecule has 0 heterocycles. The van der Waals surface area contributed by atoms with Gasteiger partial charge in [0.2, 0.25) is 5.91 Å². The van der Waals surface area contributed by atoms with Gasteiger partial charge in [-0.15, -0.1) is 0 Å². The van der Waals surface area contributed by atoms with Gasteiger partial charge in [0.05, 0.1) is 6.04 Å². The Bertz CT molecular complexity index is 414. The number of carbonyl (C=O) groups excluding carboxylic acids is 1. The van der Waals surface area contributed by atoms with Crippen LogP contribution in [-0.4, -0.2) is 29.9 Å². The molecule has 0 spiro atoms. The SMILES string of the molecule is CCN(CC(C)C)C(C)C(=O)Nc1ccc(CN)cc1. The molecule has 3 N–H and O–H groups in total. The van der Waals surface area contributed by atoms with Crippen molar-refractivity contribution in [2.75, 3.05) is 18.4 Å². The van der Waals surface area contributed by atoms with E-state index in [-0.39, 0.29) is 11.9 Å². The molecule has 0 saturated heterocycles. The van der Waals surface area contributed by atoms with Crippen LogP contribution >= 0.6 is 0 Å². The maximum absolute atomic E-state index is 12.3. The Morgan fingerprint density at radius 1 is 1.25 bits per heavy atom. The molecule has 112 valence electrons. The van der Waals surface area contributed by atoms with E-state index >= 15 is 0 Å². The maximum atomic E-state index is 12.3. The highest BCUT2D eigenvalue weighted by atomic mass is 16.2. The Hall–Kier alpha value is -1.39. The van der Waals surface area contributed by atoms with Crippen molar-refractivity contribution >= 4 is 11.6 Å². The van der Waals surface area contributed by atoms with Gasteiger partial charge in [-0.05, 0) is 37.1 Å². The summed E-state index contributed by atoms with van der Waals surface area (Å²) in [5.74, 6) is 0.585. The highest BCUT2D eigenvalue weighted by molar-refractivity contribution is 5.94. The zero-order valence-electron chi connectivity index (χ0n) is 13.0. The second-order valence-electron chi connectivity index (χ2n) is 5.55. The number of nitrogens with one attached hydrogen (secondary N) is 1. The second-order valence-corrected chi connectivity index (χ2v) is 5.55. The molecular weight excluding hydrogens is 250 g/mol. The van der Waals surface area contributed by atoms with Crippen LogP contribution in [0.1, 0.15) is 33.3 Å². The van der Waals surface area contributed by atoms with Gasteiger partial charge in [-0.3, -0.25) is 9.69 Å². The molecule has 0 aliphatic heterocycles. The second kappa shape index (κ2) is 8.02. The summed E-state index contributed by atoms with van der Waals surface area (Å²) in [7, 11) is 0. The van der Waals surface area contributed by atoms with Crippen LogP contribution < -0.4 is 11.1 Å². The van der Waals surface area contributed by atoms with Gasteiger partial charge < -0.3 is 11.1 Å². The lowest BCUT2D eigenvalue weighted by Gasteiger charge is -2.28. The van der Waals surface area contributed by atoms with Crippen LogP contribution in [0.2, 0.25) is 0 Å². The zero-order valence-corrected chi connectivity index (χ0v) is 13.0. The number of nitrogens with two attached hydrogens (primary N) is 1. The average Bonchev–Trinajstić information content (AvgIpc) is 2.44. The summed E-state index contributed by atoms with van der Waals surface area (Å²) >= 11 is 0. The minimum atomic E-state index is -0.128. The first-order valence-electron chi connectivity index (χ1n) is 7.31. The van der Waals surface area contributed by atoms with E-state index in [0.29, 0.717) is 12.5 Å². The van der Waals surface area contributed by atoms with Crippen molar-refractivity contribution in [2.45, 2.75) is 40.3 Å². The molecule has 4 heteroatoms. The first kappa shape index (κ1) is 16.7. The Morgan fingerprint density at radius 2 is 1.85 bits per heavy atom. The lowest BCUT2D eigenvalue weighted by atomic mass is 10.1. The maximum Gasteiger partial charge on any atom is 0.241 e. The number of hydrogen-bond acceptors (Lipinski definition) is 3. The van der Waals surface area contributed by atoms with E-state index in [9.17, 15) is 4.79 Å². The van der Waals surface area contributed by atoms with Crippen LogP contribution in [0.5, 0.6) is 0 Å². The number of rotatable bonds is 7. The van der Waals surface area contributed by atoms with Gasteiger partial charge in [0.15, 0.2) is 0 Å². The van der Waals surface area contributed by atoms with Crippen molar-refractivity contribution in [3.8, 4) is 0 Å². The normalized spacial score (nSPS) is 12.8. The molecule has 0 saturated carbocycles. The van der Waals surface area contributed by atoms with Crippen LogP contribution in [-0.2, 0) is 11.3 Å². The van der Waals surface area contributed by atoms with Crippen LogP contribution in [0.3, 0.4) is 0 Å². The molecule has 1 aromatic rings. The number of nitrogens with zero attached hydrogens (tertiary/aromatic N) is 1. The predicted octanol–water partition coefficient (Wildman–Crippen LogP) is 2.45. The third-order valence-electron chi connectivity index (χ3n) is 3.39. The first-order chi connectivity index (χ1) is 9.47. The molecular formula is C16H27N3O. The van der Waals surface area contributed by atoms with Crippen molar-refractivity contribution < 1.29 is 4.79 Å². The number of amides is 1. The molecule has 1 unspecified atom stereocenters. The van der Waals surface area contributed by atoms with Crippen molar-refractivity contribution in [1.82, 2.24) is 4.90 Å². The van der Waals surface area contributed by atoms with E-state index in [0.717, 1.165) is 24.3 Å². The topological polar surface area (TPSA) is 58.4 Å². The van der Waals surface area contributed by atoms with E-state index in [2.05, 4.69) is 31.0 Å². The quantitative estimate of drug-likeness (QED) is 0.805. The van der Waals surface area contributed by atoms with Crippen LogP contribution in [0.25, 0.3) is 0 Å². The highest BCUT2D eigenvalue weighted by Gasteiger charge is 2.20. The number of hydrogen-bond donors (Lipinski definition) is 2. The van der Waals surface area contributed by atoms with Gasteiger partial charge in [0, 0.05) is 18.8 Å². The number of likely N-dealkylation sites (N-methyl/N-ethyl adjacent to an activating group) is 1. The van der Waals surface area contributed by atoms with Gasteiger partial charge in [-0.2, -0.15) is 0 Å². The van der Waals surface area contributed by atoms with Crippen LogP contribution in [0, 0.1) is 5.92 Å². The minimum absolute atomic E-state index is 0.0352. The monoisotopic (exact) mass is 277 g/mol. The molecule has 1 amide bonds. The van der Waals surface area contributed by atoms with Crippen molar-refractivity contribution in [3.63, 3.8) is 0 Å². The Balaban J connectivity index is 2.63. The zero-order chi connectivity index (χ0) is 15.1. The van der Waals surface area contributed by atoms with E-state index in [1.54, 1.807) is 0 Å². The number of benzene rings is 1. The lowest BCUT2D eigenvalue weighted by molar-refractivity contribution is -0.120. The Kier molecular flexibility index (Phi) is 6.68. The molecule has 1 rings (SSSR count). The van der Waals surface area contributed by atoms with E-state index in [1.165, 1.54) is 0 Å². The fraction of sp³-hybridized carbons (Fsp3) is 0.562. The number of carbonyl (C=O) groups is 1. The van der Waals surface area contributed by atoms with Crippen LogP contribution in [0.4, 0.5) is 5.69 Å². The summed E-state index contributed by atoms with van der Waals surface area (Å²) in [6.45, 7) is 10.7. The summed E-state index contributed by atoms with van der Waals surface area (Å²) in [5, 5.41) is 2.96. The minimum Gasteiger partial charge on any atom is -0.326 e.